The molecule has 4 amide bonds. The first kappa shape index (κ1) is 20.9. The number of imide groups is 2. The van der Waals surface area contributed by atoms with Gasteiger partial charge in [0, 0.05) is 63.7 Å². The van der Waals surface area contributed by atoms with Gasteiger partial charge in [-0.2, -0.15) is 0 Å². The number of non-ortho nitro benzene ring substituents is 1. The van der Waals surface area contributed by atoms with Crippen LogP contribution in [0.1, 0.15) is 5.56 Å². The second-order valence-electron chi connectivity index (χ2n) is 8.72. The lowest BCUT2D eigenvalue weighted by Gasteiger charge is -2.56. The van der Waals surface area contributed by atoms with Crippen LogP contribution in [0, 0.1) is 15.5 Å². The molecule has 0 N–H and O–H groups in total. The highest BCUT2D eigenvalue weighted by Gasteiger charge is 2.64. The number of hydrogen-bond donors (Lipinski definition) is 0. The van der Waals surface area contributed by atoms with Crippen molar-refractivity contribution >= 4 is 34.9 Å². The number of amides is 4. The van der Waals surface area contributed by atoms with Crippen LogP contribution in [0.4, 0.5) is 21.9 Å². The standard InChI is InChI=1S/C23H23N5O5/c1-24-20(29)23(21(30)25(2)22(24)31)13-15-12-17(28(32)33)8-9-18(15)27-11-10-26(14-19(23)27)16-6-4-3-5-7-16/h3-9,12,19H,10-11,13-14H2,1-2H3. The van der Waals surface area contributed by atoms with Crippen LogP contribution < -0.4 is 9.80 Å². The lowest BCUT2D eigenvalue weighted by molar-refractivity contribution is -0.384. The molecular formula is C23H23N5O5. The number of benzene rings is 2. The van der Waals surface area contributed by atoms with Gasteiger partial charge in [-0.15, -0.1) is 0 Å². The summed E-state index contributed by atoms with van der Waals surface area (Å²) in [6.07, 6.45) is -0.00651. The number of hydrogen-bond acceptors (Lipinski definition) is 7. The SMILES string of the molecule is CN1C(=O)N(C)C(=O)C2(Cc3cc([N+](=O)[O-])ccc3N3CCN(c4ccccc4)CC32)C1=O. The van der Waals surface area contributed by atoms with Crippen LogP contribution in [0.25, 0.3) is 0 Å². The summed E-state index contributed by atoms with van der Waals surface area (Å²) in [7, 11) is 2.75. The number of urea groups is 1. The van der Waals surface area contributed by atoms with Crippen LogP contribution in [-0.4, -0.2) is 72.3 Å². The molecule has 3 aliphatic rings. The average molecular weight is 449 g/mol. The minimum absolute atomic E-state index is 0.00651. The molecule has 2 saturated heterocycles. The average Bonchev–Trinajstić information content (AvgIpc) is 2.84. The van der Waals surface area contributed by atoms with Crippen LogP contribution in [-0.2, 0) is 16.0 Å². The van der Waals surface area contributed by atoms with E-state index in [4.69, 9.17) is 0 Å². The molecule has 5 rings (SSSR count). The first-order valence-electron chi connectivity index (χ1n) is 10.7. The van der Waals surface area contributed by atoms with E-state index < -0.39 is 34.2 Å². The summed E-state index contributed by atoms with van der Waals surface area (Å²) in [6, 6.07) is 13.1. The zero-order chi connectivity index (χ0) is 23.5. The van der Waals surface area contributed by atoms with Crippen LogP contribution in [0.3, 0.4) is 0 Å². The molecule has 3 aliphatic heterocycles. The van der Waals surface area contributed by atoms with Crippen molar-refractivity contribution in [2.45, 2.75) is 12.5 Å². The quantitative estimate of drug-likeness (QED) is 0.391. The maximum atomic E-state index is 13.7. The number of barbiturate groups is 1. The van der Waals surface area contributed by atoms with E-state index in [1.807, 2.05) is 35.2 Å². The minimum Gasteiger partial charge on any atom is -0.368 e. The van der Waals surface area contributed by atoms with E-state index >= 15 is 0 Å². The third-order valence-corrected chi connectivity index (χ3v) is 7.07. The van der Waals surface area contributed by atoms with Gasteiger partial charge in [0.25, 0.3) is 5.69 Å². The van der Waals surface area contributed by atoms with E-state index in [9.17, 15) is 24.5 Å². The maximum Gasteiger partial charge on any atom is 0.332 e. The Hall–Kier alpha value is -3.95. The summed E-state index contributed by atoms with van der Waals surface area (Å²) >= 11 is 0. The Balaban J connectivity index is 1.67. The summed E-state index contributed by atoms with van der Waals surface area (Å²) in [5.74, 6) is -1.14. The van der Waals surface area contributed by atoms with Crippen LogP contribution in [0.2, 0.25) is 0 Å². The van der Waals surface area contributed by atoms with Crippen molar-refractivity contribution in [3.8, 4) is 0 Å². The fourth-order valence-electron chi connectivity index (χ4n) is 5.42. The smallest absolute Gasteiger partial charge is 0.332 e. The highest BCUT2D eigenvalue weighted by Crippen LogP contribution is 2.47. The Morgan fingerprint density at radius 3 is 2.27 bits per heavy atom. The number of carbonyl (C=O) groups excluding carboxylic acids is 3. The number of nitro benzene ring substituents is 1. The number of rotatable bonds is 2. The molecule has 1 atom stereocenters. The minimum atomic E-state index is -1.56. The highest BCUT2D eigenvalue weighted by molar-refractivity contribution is 6.20. The number of carbonyl (C=O) groups is 3. The molecule has 0 saturated carbocycles. The molecule has 1 spiro atoms. The number of nitrogens with zero attached hydrogens (tertiary/aromatic N) is 5. The summed E-state index contributed by atoms with van der Waals surface area (Å²) in [6.45, 7) is 1.57. The molecule has 170 valence electrons. The lowest BCUT2D eigenvalue weighted by Crippen LogP contribution is -2.74. The predicted molar refractivity (Wildman–Crippen MR) is 120 cm³/mol. The number of fused-ring (bicyclic) bond motifs is 4. The van der Waals surface area contributed by atoms with Gasteiger partial charge in [-0.05, 0) is 23.8 Å². The van der Waals surface area contributed by atoms with E-state index in [1.54, 1.807) is 6.07 Å². The molecule has 3 heterocycles. The molecule has 2 aromatic carbocycles. The van der Waals surface area contributed by atoms with Gasteiger partial charge < -0.3 is 9.80 Å². The monoisotopic (exact) mass is 449 g/mol. The topological polar surface area (TPSA) is 107 Å². The normalized spacial score (nSPS) is 21.9. The summed E-state index contributed by atoms with van der Waals surface area (Å²) < 4.78 is 0. The maximum absolute atomic E-state index is 13.7. The molecule has 0 radical (unpaired) electrons. The van der Waals surface area contributed by atoms with Gasteiger partial charge in [0.05, 0.1) is 11.0 Å². The second kappa shape index (κ2) is 7.29. The van der Waals surface area contributed by atoms with Crippen molar-refractivity contribution in [3.05, 3.63) is 64.2 Å². The zero-order valence-electron chi connectivity index (χ0n) is 18.3. The molecule has 0 bridgehead atoms. The van der Waals surface area contributed by atoms with Gasteiger partial charge in [0.15, 0.2) is 5.41 Å². The Kier molecular flexibility index (Phi) is 4.62. The summed E-state index contributed by atoms with van der Waals surface area (Å²) in [5, 5.41) is 11.4. The second-order valence-corrected chi connectivity index (χ2v) is 8.72. The van der Waals surface area contributed by atoms with Crippen molar-refractivity contribution in [2.24, 2.45) is 5.41 Å². The van der Waals surface area contributed by atoms with Gasteiger partial charge in [-0.25, -0.2) is 4.79 Å². The Labute approximate surface area is 190 Å². The highest BCUT2D eigenvalue weighted by atomic mass is 16.6. The molecule has 2 fully saturated rings. The van der Waals surface area contributed by atoms with Gasteiger partial charge in [0.2, 0.25) is 11.8 Å². The molecular weight excluding hydrogens is 426 g/mol. The molecule has 10 nitrogen and oxygen atoms in total. The summed E-state index contributed by atoms with van der Waals surface area (Å²) in [5.41, 5.74) is 0.667. The predicted octanol–water partition coefficient (Wildman–Crippen LogP) is 1.88. The number of anilines is 2. The first-order valence-corrected chi connectivity index (χ1v) is 10.7. The Morgan fingerprint density at radius 1 is 0.970 bits per heavy atom. The molecule has 0 aliphatic carbocycles. The largest absolute Gasteiger partial charge is 0.368 e. The van der Waals surface area contributed by atoms with E-state index in [0.29, 0.717) is 25.2 Å². The van der Waals surface area contributed by atoms with Crippen molar-refractivity contribution in [3.63, 3.8) is 0 Å². The van der Waals surface area contributed by atoms with Gasteiger partial charge in [-0.1, -0.05) is 18.2 Å². The van der Waals surface area contributed by atoms with Crippen molar-refractivity contribution < 1.29 is 19.3 Å². The van der Waals surface area contributed by atoms with Gasteiger partial charge in [-0.3, -0.25) is 29.5 Å². The Bertz CT molecular complexity index is 1160. The van der Waals surface area contributed by atoms with Gasteiger partial charge >= 0.3 is 6.03 Å². The third-order valence-electron chi connectivity index (χ3n) is 7.07. The Morgan fingerprint density at radius 2 is 1.64 bits per heavy atom. The summed E-state index contributed by atoms with van der Waals surface area (Å²) in [4.78, 5) is 56.9. The van der Waals surface area contributed by atoms with Gasteiger partial charge in [0.1, 0.15) is 0 Å². The number of para-hydroxylation sites is 1. The molecule has 10 heteroatoms. The third kappa shape index (κ3) is 2.90. The van der Waals surface area contributed by atoms with E-state index in [-0.39, 0.29) is 12.1 Å². The van der Waals surface area contributed by atoms with E-state index in [0.717, 1.165) is 21.2 Å². The first-order chi connectivity index (χ1) is 15.8. The van der Waals surface area contributed by atoms with Crippen LogP contribution >= 0.6 is 0 Å². The fraction of sp³-hybridized carbons (Fsp3) is 0.348. The fourth-order valence-corrected chi connectivity index (χ4v) is 5.42. The number of nitro groups is 1. The molecule has 33 heavy (non-hydrogen) atoms. The van der Waals surface area contributed by atoms with Crippen molar-refractivity contribution in [2.75, 3.05) is 43.5 Å². The van der Waals surface area contributed by atoms with Crippen molar-refractivity contribution in [1.29, 1.82) is 0 Å². The number of piperazine rings is 1. The lowest BCUT2D eigenvalue weighted by atomic mass is 9.67. The zero-order valence-corrected chi connectivity index (χ0v) is 18.3. The molecule has 2 aromatic rings. The van der Waals surface area contributed by atoms with Crippen molar-refractivity contribution in [1.82, 2.24) is 9.80 Å². The molecule has 0 aromatic heterocycles. The van der Waals surface area contributed by atoms with Crippen LogP contribution in [0.15, 0.2) is 48.5 Å². The van der Waals surface area contributed by atoms with Crippen LogP contribution in [0.5, 0.6) is 0 Å². The molecule has 1 unspecified atom stereocenters. The van der Waals surface area contributed by atoms with E-state index in [2.05, 4.69) is 4.90 Å². The van der Waals surface area contributed by atoms with E-state index in [1.165, 1.54) is 26.2 Å².